The van der Waals surface area contributed by atoms with Gasteiger partial charge in [-0.05, 0) is 25.7 Å². The molecule has 2 aliphatic rings. The first kappa shape index (κ1) is 11.9. The maximum atomic E-state index is 10.9. The van der Waals surface area contributed by atoms with Gasteiger partial charge in [0.25, 0.3) is 0 Å². The quantitative estimate of drug-likeness (QED) is 0.776. The van der Waals surface area contributed by atoms with Gasteiger partial charge in [-0.15, -0.1) is 0 Å². The lowest BCUT2D eigenvalue weighted by Gasteiger charge is -2.37. The van der Waals surface area contributed by atoms with Gasteiger partial charge >= 0.3 is 5.97 Å². The Balaban J connectivity index is 1.76. The number of hydrogen-bond donors (Lipinski definition) is 2. The van der Waals surface area contributed by atoms with Crippen molar-refractivity contribution < 1.29 is 9.90 Å². The van der Waals surface area contributed by atoms with E-state index in [2.05, 4.69) is 5.32 Å². The Hall–Kier alpha value is -0.570. The van der Waals surface area contributed by atoms with Gasteiger partial charge in [0.2, 0.25) is 0 Å². The van der Waals surface area contributed by atoms with Crippen LogP contribution in [-0.4, -0.2) is 23.2 Å². The zero-order valence-corrected chi connectivity index (χ0v) is 9.95. The standard InChI is InChI=1S/C13H23NO2/c15-13(16)11-8-9-12(11)14-10-6-4-2-1-3-5-7-10/h10-12,14H,1-9H2,(H,15,16). The first-order chi connectivity index (χ1) is 7.77. The minimum absolute atomic E-state index is 0.120. The summed E-state index contributed by atoms with van der Waals surface area (Å²) in [5.41, 5.74) is 0. The number of nitrogens with one attached hydrogen (secondary N) is 1. The first-order valence-corrected chi connectivity index (χ1v) is 6.76. The SMILES string of the molecule is O=C(O)C1CCC1NC1CCCCCCC1. The van der Waals surface area contributed by atoms with Crippen LogP contribution in [0.2, 0.25) is 0 Å². The van der Waals surface area contributed by atoms with Crippen LogP contribution in [0.25, 0.3) is 0 Å². The van der Waals surface area contributed by atoms with Crippen molar-refractivity contribution in [1.82, 2.24) is 5.32 Å². The van der Waals surface area contributed by atoms with E-state index in [9.17, 15) is 4.79 Å². The van der Waals surface area contributed by atoms with Crippen molar-refractivity contribution in [3.63, 3.8) is 0 Å². The van der Waals surface area contributed by atoms with Crippen LogP contribution in [-0.2, 0) is 4.79 Å². The van der Waals surface area contributed by atoms with Gasteiger partial charge in [0, 0.05) is 12.1 Å². The summed E-state index contributed by atoms with van der Waals surface area (Å²) in [6, 6.07) is 0.828. The molecular weight excluding hydrogens is 202 g/mol. The molecule has 2 atom stereocenters. The summed E-state index contributed by atoms with van der Waals surface area (Å²) in [6.45, 7) is 0. The van der Waals surface area contributed by atoms with Crippen LogP contribution < -0.4 is 5.32 Å². The summed E-state index contributed by atoms with van der Waals surface area (Å²) in [6.07, 6.45) is 11.1. The average molecular weight is 225 g/mol. The summed E-state index contributed by atoms with van der Waals surface area (Å²) in [7, 11) is 0. The third kappa shape index (κ3) is 2.97. The smallest absolute Gasteiger partial charge is 0.308 e. The van der Waals surface area contributed by atoms with Crippen LogP contribution in [0, 0.1) is 5.92 Å². The monoisotopic (exact) mass is 225 g/mol. The predicted molar refractivity (Wildman–Crippen MR) is 63.4 cm³/mol. The lowest BCUT2D eigenvalue weighted by molar-refractivity contribution is -0.146. The van der Waals surface area contributed by atoms with E-state index < -0.39 is 5.97 Å². The molecule has 0 saturated heterocycles. The van der Waals surface area contributed by atoms with E-state index in [1.54, 1.807) is 0 Å². The van der Waals surface area contributed by atoms with Gasteiger partial charge in [-0.2, -0.15) is 0 Å². The lowest BCUT2D eigenvalue weighted by Crippen LogP contribution is -2.51. The second kappa shape index (κ2) is 5.67. The van der Waals surface area contributed by atoms with Gasteiger partial charge in [0.1, 0.15) is 0 Å². The highest BCUT2D eigenvalue weighted by Gasteiger charge is 2.37. The van der Waals surface area contributed by atoms with E-state index >= 15 is 0 Å². The number of carboxylic acid groups (broad SMARTS) is 1. The van der Waals surface area contributed by atoms with Crippen LogP contribution in [0.1, 0.15) is 57.8 Å². The molecule has 3 nitrogen and oxygen atoms in total. The molecule has 3 heteroatoms. The third-order valence-corrected chi connectivity index (χ3v) is 4.15. The van der Waals surface area contributed by atoms with Gasteiger partial charge in [-0.3, -0.25) is 4.79 Å². The van der Waals surface area contributed by atoms with Crippen molar-refractivity contribution in [1.29, 1.82) is 0 Å². The van der Waals surface area contributed by atoms with Gasteiger partial charge in [-0.1, -0.05) is 32.1 Å². The maximum absolute atomic E-state index is 10.9. The van der Waals surface area contributed by atoms with Crippen LogP contribution in [0.4, 0.5) is 0 Å². The molecule has 2 N–H and O–H groups in total. The van der Waals surface area contributed by atoms with Crippen LogP contribution in [0.15, 0.2) is 0 Å². The fourth-order valence-corrected chi connectivity index (χ4v) is 2.92. The summed E-state index contributed by atoms with van der Waals surface area (Å²) in [4.78, 5) is 10.9. The van der Waals surface area contributed by atoms with E-state index in [0.29, 0.717) is 6.04 Å². The Morgan fingerprint density at radius 1 is 0.938 bits per heavy atom. The fraction of sp³-hybridized carbons (Fsp3) is 0.923. The first-order valence-electron chi connectivity index (χ1n) is 6.76. The molecule has 2 aliphatic carbocycles. The zero-order chi connectivity index (χ0) is 11.4. The van der Waals surface area contributed by atoms with Crippen molar-refractivity contribution in [2.75, 3.05) is 0 Å². The van der Waals surface area contributed by atoms with Crippen molar-refractivity contribution in [2.45, 2.75) is 69.9 Å². The fourth-order valence-electron chi connectivity index (χ4n) is 2.92. The molecule has 2 fully saturated rings. The van der Waals surface area contributed by atoms with E-state index in [4.69, 9.17) is 5.11 Å². The second-order valence-electron chi connectivity index (χ2n) is 5.34. The number of aliphatic carboxylic acids is 1. The Morgan fingerprint density at radius 2 is 1.56 bits per heavy atom. The minimum Gasteiger partial charge on any atom is -0.481 e. The molecule has 0 heterocycles. The van der Waals surface area contributed by atoms with Crippen molar-refractivity contribution in [3.8, 4) is 0 Å². The summed E-state index contributed by atoms with van der Waals surface area (Å²) < 4.78 is 0. The van der Waals surface area contributed by atoms with Gasteiger partial charge in [0.05, 0.1) is 5.92 Å². The third-order valence-electron chi connectivity index (χ3n) is 4.15. The lowest BCUT2D eigenvalue weighted by atomic mass is 9.78. The Bertz CT molecular complexity index is 234. The van der Waals surface area contributed by atoms with Crippen molar-refractivity contribution in [2.24, 2.45) is 5.92 Å². The molecule has 0 amide bonds. The largest absolute Gasteiger partial charge is 0.481 e. The summed E-state index contributed by atoms with van der Waals surface area (Å²) in [5, 5.41) is 12.6. The normalized spacial score (nSPS) is 32.5. The second-order valence-corrected chi connectivity index (χ2v) is 5.34. The summed E-state index contributed by atoms with van der Waals surface area (Å²) in [5.74, 6) is -0.736. The minimum atomic E-state index is -0.616. The van der Waals surface area contributed by atoms with E-state index in [0.717, 1.165) is 12.8 Å². The number of carboxylic acids is 1. The zero-order valence-electron chi connectivity index (χ0n) is 9.95. The van der Waals surface area contributed by atoms with Gasteiger partial charge in [-0.25, -0.2) is 0 Å². The van der Waals surface area contributed by atoms with Gasteiger partial charge in [0.15, 0.2) is 0 Å². The molecule has 92 valence electrons. The predicted octanol–water partition coefficient (Wildman–Crippen LogP) is 2.55. The molecule has 2 saturated carbocycles. The molecule has 0 radical (unpaired) electrons. The highest BCUT2D eigenvalue weighted by Crippen LogP contribution is 2.29. The molecule has 0 aromatic heterocycles. The molecule has 0 spiro atoms. The molecule has 0 bridgehead atoms. The summed E-state index contributed by atoms with van der Waals surface area (Å²) >= 11 is 0. The highest BCUT2D eigenvalue weighted by atomic mass is 16.4. The molecule has 16 heavy (non-hydrogen) atoms. The van der Waals surface area contributed by atoms with Crippen LogP contribution in [0.3, 0.4) is 0 Å². The van der Waals surface area contributed by atoms with Crippen LogP contribution >= 0.6 is 0 Å². The average Bonchev–Trinajstić information content (AvgIpc) is 2.13. The highest BCUT2D eigenvalue weighted by molar-refractivity contribution is 5.72. The Kier molecular flexibility index (Phi) is 4.22. The number of carbonyl (C=O) groups is 1. The topological polar surface area (TPSA) is 49.3 Å². The molecule has 0 aliphatic heterocycles. The van der Waals surface area contributed by atoms with E-state index in [1.165, 1.54) is 44.9 Å². The Labute approximate surface area is 97.6 Å². The maximum Gasteiger partial charge on any atom is 0.308 e. The molecule has 0 aromatic rings. The van der Waals surface area contributed by atoms with Crippen LogP contribution in [0.5, 0.6) is 0 Å². The molecule has 0 aromatic carbocycles. The Morgan fingerprint density at radius 3 is 2.06 bits per heavy atom. The number of hydrogen-bond acceptors (Lipinski definition) is 2. The molecule has 2 unspecified atom stereocenters. The van der Waals surface area contributed by atoms with E-state index in [1.807, 2.05) is 0 Å². The van der Waals surface area contributed by atoms with E-state index in [-0.39, 0.29) is 12.0 Å². The molecular formula is C13H23NO2. The molecule has 2 rings (SSSR count). The number of rotatable bonds is 3. The van der Waals surface area contributed by atoms with Gasteiger partial charge < -0.3 is 10.4 Å². The van der Waals surface area contributed by atoms with Crippen molar-refractivity contribution in [3.05, 3.63) is 0 Å². The van der Waals surface area contributed by atoms with Crippen molar-refractivity contribution >= 4 is 5.97 Å².